The molecule has 144 valence electrons. The minimum Gasteiger partial charge on any atom is -0.489 e. The van der Waals surface area contributed by atoms with E-state index in [1.54, 1.807) is 18.2 Å². The Kier molecular flexibility index (Phi) is 6.17. The van der Waals surface area contributed by atoms with E-state index in [0.717, 1.165) is 0 Å². The molecule has 0 spiro atoms. The lowest BCUT2D eigenvalue weighted by molar-refractivity contribution is -0.231. The van der Waals surface area contributed by atoms with E-state index >= 15 is 0 Å². The normalized spacial score (nSPS) is 33.3. The number of carbonyl (C=O) groups excluding carboxylic acids is 1. The highest BCUT2D eigenvalue weighted by Crippen LogP contribution is 2.37. The number of carbonyl (C=O) groups is 1. The second-order valence-corrected chi connectivity index (χ2v) is 7.20. The third-order valence-electron chi connectivity index (χ3n) is 4.96. The summed E-state index contributed by atoms with van der Waals surface area (Å²) in [5.74, 6) is 0.631. The zero-order chi connectivity index (χ0) is 18.8. The van der Waals surface area contributed by atoms with Gasteiger partial charge in [-0.1, -0.05) is 17.7 Å². The Hall–Kier alpha value is -1.22. The summed E-state index contributed by atoms with van der Waals surface area (Å²) in [6, 6.07) is 4.85. The van der Waals surface area contributed by atoms with Crippen molar-refractivity contribution in [2.24, 2.45) is 0 Å². The number of ketones is 1. The largest absolute Gasteiger partial charge is 0.489 e. The summed E-state index contributed by atoms with van der Waals surface area (Å²) in [6.07, 6.45) is -4.06. The van der Waals surface area contributed by atoms with E-state index in [9.17, 15) is 25.2 Å². The summed E-state index contributed by atoms with van der Waals surface area (Å²) in [6.45, 7) is -0.492. The highest BCUT2D eigenvalue weighted by Gasteiger charge is 2.44. The Bertz CT molecular complexity index is 640. The van der Waals surface area contributed by atoms with Crippen molar-refractivity contribution in [3.05, 3.63) is 28.8 Å². The van der Waals surface area contributed by atoms with Crippen molar-refractivity contribution in [1.29, 1.82) is 0 Å². The Labute approximate surface area is 156 Å². The fourth-order valence-electron chi connectivity index (χ4n) is 3.38. The van der Waals surface area contributed by atoms with Gasteiger partial charge in [0.15, 0.2) is 0 Å². The van der Waals surface area contributed by atoms with Gasteiger partial charge in [0.25, 0.3) is 0 Å². The number of aliphatic hydroxyl groups is 4. The van der Waals surface area contributed by atoms with Crippen LogP contribution in [-0.4, -0.2) is 63.3 Å². The minimum absolute atomic E-state index is 0.116. The maximum absolute atomic E-state index is 11.4. The molecule has 1 saturated carbocycles. The van der Waals surface area contributed by atoms with Crippen LogP contribution in [-0.2, 0) is 9.53 Å². The van der Waals surface area contributed by atoms with E-state index in [0.29, 0.717) is 42.0 Å². The molecule has 1 aromatic carbocycles. The van der Waals surface area contributed by atoms with E-state index in [2.05, 4.69) is 0 Å². The van der Waals surface area contributed by atoms with Crippen LogP contribution in [0.5, 0.6) is 5.75 Å². The summed E-state index contributed by atoms with van der Waals surface area (Å²) in [7, 11) is 0. The number of ether oxygens (including phenoxy) is 2. The smallest absolute Gasteiger partial charge is 0.138 e. The molecule has 0 radical (unpaired) electrons. The third kappa shape index (κ3) is 4.03. The lowest BCUT2D eigenvalue weighted by Gasteiger charge is -2.40. The molecular weight excluding hydrogens is 364 g/mol. The Balaban J connectivity index is 1.79. The van der Waals surface area contributed by atoms with Gasteiger partial charge in [0.05, 0.1) is 17.7 Å². The SMILES string of the molecule is O=C1CCC(Oc2cc([C@@H]3O[C@H](CO)[C@@H](O)[C@H](O)[C@H]3O)ccc2Cl)CC1. The van der Waals surface area contributed by atoms with Gasteiger partial charge in [0.1, 0.15) is 42.1 Å². The molecule has 1 heterocycles. The van der Waals surface area contributed by atoms with Crippen molar-refractivity contribution < 1.29 is 34.7 Å². The van der Waals surface area contributed by atoms with Crippen LogP contribution in [0.15, 0.2) is 18.2 Å². The number of Topliss-reactive ketones (excluding diaryl/α,β-unsaturated/α-hetero) is 1. The van der Waals surface area contributed by atoms with Crippen LogP contribution in [0.4, 0.5) is 0 Å². The topological polar surface area (TPSA) is 116 Å². The fourth-order valence-corrected chi connectivity index (χ4v) is 3.54. The van der Waals surface area contributed by atoms with Crippen LogP contribution in [0, 0.1) is 0 Å². The highest BCUT2D eigenvalue weighted by atomic mass is 35.5. The van der Waals surface area contributed by atoms with Crippen LogP contribution < -0.4 is 4.74 Å². The van der Waals surface area contributed by atoms with Gasteiger partial charge in [-0.3, -0.25) is 4.79 Å². The summed E-state index contributed by atoms with van der Waals surface area (Å²) in [4.78, 5) is 11.4. The van der Waals surface area contributed by atoms with E-state index in [1.807, 2.05) is 0 Å². The molecule has 8 heteroatoms. The second kappa shape index (κ2) is 8.21. The molecule has 0 bridgehead atoms. The molecule has 2 fully saturated rings. The summed E-state index contributed by atoms with van der Waals surface area (Å²) < 4.78 is 11.5. The Morgan fingerprint density at radius 3 is 2.46 bits per heavy atom. The zero-order valence-corrected chi connectivity index (χ0v) is 14.9. The van der Waals surface area contributed by atoms with Gasteiger partial charge < -0.3 is 29.9 Å². The van der Waals surface area contributed by atoms with Gasteiger partial charge in [0, 0.05) is 12.8 Å². The summed E-state index contributed by atoms with van der Waals surface area (Å²) in [5.41, 5.74) is 0.508. The average molecular weight is 387 g/mol. The molecule has 0 aromatic heterocycles. The summed E-state index contributed by atoms with van der Waals surface area (Å²) >= 11 is 6.20. The molecule has 3 rings (SSSR count). The quantitative estimate of drug-likeness (QED) is 0.603. The number of benzene rings is 1. The van der Waals surface area contributed by atoms with Crippen molar-refractivity contribution in [2.75, 3.05) is 6.61 Å². The number of hydrogen-bond acceptors (Lipinski definition) is 7. The maximum Gasteiger partial charge on any atom is 0.138 e. The van der Waals surface area contributed by atoms with E-state index < -0.39 is 37.1 Å². The highest BCUT2D eigenvalue weighted by molar-refractivity contribution is 6.32. The van der Waals surface area contributed by atoms with Crippen molar-refractivity contribution in [3.63, 3.8) is 0 Å². The molecule has 0 amide bonds. The molecule has 1 aliphatic heterocycles. The number of rotatable bonds is 4. The van der Waals surface area contributed by atoms with Crippen LogP contribution >= 0.6 is 11.6 Å². The molecule has 1 aliphatic carbocycles. The van der Waals surface area contributed by atoms with Crippen molar-refractivity contribution >= 4 is 17.4 Å². The number of aliphatic hydroxyl groups excluding tert-OH is 4. The molecule has 7 nitrogen and oxygen atoms in total. The van der Waals surface area contributed by atoms with Crippen molar-refractivity contribution in [3.8, 4) is 5.75 Å². The Morgan fingerprint density at radius 2 is 1.81 bits per heavy atom. The van der Waals surface area contributed by atoms with Crippen molar-refractivity contribution in [1.82, 2.24) is 0 Å². The first-order valence-electron chi connectivity index (χ1n) is 8.69. The van der Waals surface area contributed by atoms with Crippen LogP contribution in [0.1, 0.15) is 37.4 Å². The van der Waals surface area contributed by atoms with Crippen LogP contribution in [0.25, 0.3) is 0 Å². The van der Waals surface area contributed by atoms with Crippen molar-refractivity contribution in [2.45, 2.75) is 62.3 Å². The summed E-state index contributed by atoms with van der Waals surface area (Å²) in [5, 5.41) is 39.8. The first-order valence-corrected chi connectivity index (χ1v) is 9.07. The molecule has 0 unspecified atom stereocenters. The molecular formula is C18H23ClO7. The third-order valence-corrected chi connectivity index (χ3v) is 5.27. The molecule has 2 aliphatic rings. The van der Waals surface area contributed by atoms with E-state index in [-0.39, 0.29) is 11.9 Å². The fraction of sp³-hybridized carbons (Fsp3) is 0.611. The van der Waals surface area contributed by atoms with E-state index in [1.165, 1.54) is 0 Å². The molecule has 1 saturated heterocycles. The molecule has 4 N–H and O–H groups in total. The molecule has 5 atom stereocenters. The van der Waals surface area contributed by atoms with Gasteiger partial charge in [-0.15, -0.1) is 0 Å². The van der Waals surface area contributed by atoms with Gasteiger partial charge in [0.2, 0.25) is 0 Å². The molecule has 26 heavy (non-hydrogen) atoms. The van der Waals surface area contributed by atoms with Gasteiger partial charge in [-0.05, 0) is 30.5 Å². The monoisotopic (exact) mass is 386 g/mol. The number of halogens is 1. The van der Waals surface area contributed by atoms with E-state index in [4.69, 9.17) is 21.1 Å². The lowest BCUT2D eigenvalue weighted by atomic mass is 9.91. The first kappa shape index (κ1) is 19.5. The minimum atomic E-state index is -1.45. The molecule has 1 aromatic rings. The zero-order valence-electron chi connectivity index (χ0n) is 14.1. The predicted molar refractivity (Wildman–Crippen MR) is 92.1 cm³/mol. The lowest BCUT2D eigenvalue weighted by Crippen LogP contribution is -2.55. The Morgan fingerprint density at radius 1 is 1.12 bits per heavy atom. The van der Waals surface area contributed by atoms with Gasteiger partial charge >= 0.3 is 0 Å². The van der Waals surface area contributed by atoms with Crippen LogP contribution in [0.2, 0.25) is 5.02 Å². The van der Waals surface area contributed by atoms with Gasteiger partial charge in [-0.25, -0.2) is 0 Å². The van der Waals surface area contributed by atoms with Gasteiger partial charge in [-0.2, -0.15) is 0 Å². The second-order valence-electron chi connectivity index (χ2n) is 6.80. The number of hydrogen-bond donors (Lipinski definition) is 4. The average Bonchev–Trinajstić information content (AvgIpc) is 2.64. The standard InChI is InChI=1S/C18H23ClO7/c19-12-6-1-9(7-13(12)25-11-4-2-10(21)3-5-11)18-17(24)16(23)15(22)14(8-20)26-18/h1,6-7,11,14-18,20,22-24H,2-5,8H2/t14-,15-,16+,17-,18+/m1/s1. The maximum atomic E-state index is 11.4. The van der Waals surface area contributed by atoms with Crippen LogP contribution in [0.3, 0.4) is 0 Å². The first-order chi connectivity index (χ1) is 12.4. The predicted octanol–water partition coefficient (Wildman–Crippen LogP) is 0.745.